The van der Waals surface area contributed by atoms with Crippen LogP contribution in [-0.2, 0) is 0 Å². The summed E-state index contributed by atoms with van der Waals surface area (Å²) >= 11 is 0. The molecule has 0 aliphatic rings. The molecule has 3 heterocycles. The summed E-state index contributed by atoms with van der Waals surface area (Å²) in [5.41, 5.74) is 10.9. The van der Waals surface area contributed by atoms with E-state index in [0.717, 1.165) is 77.6 Å². The lowest BCUT2D eigenvalue weighted by molar-refractivity contribution is 0.669. The molecule has 0 saturated carbocycles. The molecule has 9 aromatic rings. The van der Waals surface area contributed by atoms with Crippen LogP contribution in [0.2, 0.25) is 0 Å². The highest BCUT2D eigenvalue weighted by molar-refractivity contribution is 6.18. The van der Waals surface area contributed by atoms with Gasteiger partial charge in [-0.05, 0) is 48.9 Å². The van der Waals surface area contributed by atoms with Crippen molar-refractivity contribution in [1.29, 1.82) is 0 Å². The lowest BCUT2D eigenvalue weighted by Crippen LogP contribution is -2.01. The molecular weight excluding hydrogens is 625 g/mol. The van der Waals surface area contributed by atoms with Crippen molar-refractivity contribution >= 4 is 38.9 Å². The van der Waals surface area contributed by atoms with Gasteiger partial charge >= 0.3 is 0 Å². The second kappa shape index (κ2) is 12.6. The van der Waals surface area contributed by atoms with Crippen molar-refractivity contribution in [3.05, 3.63) is 176 Å². The minimum absolute atomic E-state index is 0.597. The van der Waals surface area contributed by atoms with Gasteiger partial charge < -0.3 is 8.98 Å². The van der Waals surface area contributed by atoms with E-state index in [1.54, 1.807) is 0 Å². The van der Waals surface area contributed by atoms with E-state index in [1.165, 1.54) is 0 Å². The Morgan fingerprint density at radius 3 is 1.76 bits per heavy atom. The first kappa shape index (κ1) is 30.2. The van der Waals surface area contributed by atoms with Gasteiger partial charge in [0.05, 0.1) is 5.52 Å². The molecule has 242 valence electrons. The second-order valence-electron chi connectivity index (χ2n) is 12.5. The molecule has 0 N–H and O–H groups in total. The molecule has 0 atom stereocenters. The molecule has 9 rings (SSSR count). The second-order valence-corrected chi connectivity index (χ2v) is 12.5. The fraction of sp³-hybridized carbons (Fsp3) is 0.0217. The molecule has 0 radical (unpaired) electrons. The number of hydrogen-bond acceptors (Lipinski definition) is 4. The highest BCUT2D eigenvalue weighted by atomic mass is 16.3. The van der Waals surface area contributed by atoms with E-state index in [-0.39, 0.29) is 0 Å². The van der Waals surface area contributed by atoms with Gasteiger partial charge in [0.2, 0.25) is 0 Å². The van der Waals surface area contributed by atoms with Gasteiger partial charge in [-0.15, -0.1) is 0 Å². The number of benzene rings is 6. The Morgan fingerprint density at radius 1 is 0.588 bits per heavy atom. The largest absolute Gasteiger partial charge is 0.456 e. The van der Waals surface area contributed by atoms with E-state index >= 15 is 0 Å². The van der Waals surface area contributed by atoms with Crippen molar-refractivity contribution in [3.63, 3.8) is 0 Å². The highest BCUT2D eigenvalue weighted by Gasteiger charge is 2.23. The van der Waals surface area contributed by atoms with E-state index < -0.39 is 0 Å². The fourth-order valence-corrected chi connectivity index (χ4v) is 7.10. The SMILES string of the molecule is C=C/C=C\c1c(C)n(-c2ccccc2)c2cc3c(cc12)oc1ccc(-c2nc(-c4ccccc4)nc(-c4ccccc4)n2)c(-c2ccccc2)c13. The van der Waals surface area contributed by atoms with E-state index in [4.69, 9.17) is 19.4 Å². The Balaban J connectivity index is 1.38. The number of hydrogen-bond donors (Lipinski definition) is 0. The molecule has 0 spiro atoms. The Hall–Kier alpha value is -6.85. The lowest BCUT2D eigenvalue weighted by Gasteiger charge is -2.13. The zero-order chi connectivity index (χ0) is 34.3. The molecule has 5 heteroatoms. The van der Waals surface area contributed by atoms with Gasteiger partial charge in [-0.2, -0.15) is 0 Å². The smallest absolute Gasteiger partial charge is 0.164 e. The third-order valence-corrected chi connectivity index (χ3v) is 9.43. The Bertz CT molecular complexity index is 2690. The van der Waals surface area contributed by atoms with E-state index in [1.807, 2.05) is 91.0 Å². The first-order valence-corrected chi connectivity index (χ1v) is 17.0. The molecule has 5 nitrogen and oxygen atoms in total. The zero-order valence-corrected chi connectivity index (χ0v) is 28.0. The van der Waals surface area contributed by atoms with Crippen molar-refractivity contribution in [2.75, 3.05) is 0 Å². The molecule has 0 saturated heterocycles. The Kier molecular flexibility index (Phi) is 7.44. The molecule has 0 fully saturated rings. The Morgan fingerprint density at radius 2 is 1.16 bits per heavy atom. The van der Waals surface area contributed by atoms with Crippen LogP contribution in [0.3, 0.4) is 0 Å². The molecule has 0 bridgehead atoms. The molecule has 3 aromatic heterocycles. The highest BCUT2D eigenvalue weighted by Crippen LogP contribution is 2.44. The first-order valence-electron chi connectivity index (χ1n) is 17.0. The summed E-state index contributed by atoms with van der Waals surface area (Å²) in [5.74, 6) is 1.83. The third kappa shape index (κ3) is 5.23. The average Bonchev–Trinajstić information content (AvgIpc) is 3.69. The quantitative estimate of drug-likeness (QED) is 0.160. The summed E-state index contributed by atoms with van der Waals surface area (Å²) in [7, 11) is 0. The van der Waals surface area contributed by atoms with E-state index in [2.05, 4.69) is 90.9 Å². The average molecular weight is 657 g/mol. The third-order valence-electron chi connectivity index (χ3n) is 9.43. The summed E-state index contributed by atoms with van der Waals surface area (Å²) in [6.45, 7) is 6.09. The zero-order valence-electron chi connectivity index (χ0n) is 28.0. The standard InChI is InChI=1S/C46H32N4O/c1-3-4-25-35-30(2)50(34-23-15-8-16-24-34)39-28-38-41(29-37(35)39)51-40-27-26-36(42(43(38)40)31-17-9-5-10-18-31)46-48-44(32-19-11-6-12-20-32)47-45(49-46)33-21-13-7-14-22-33/h3-29H,1H2,2H3/b25-4-. The van der Waals surface area contributed by atoms with Crippen LogP contribution in [0, 0.1) is 6.92 Å². The monoisotopic (exact) mass is 656 g/mol. The van der Waals surface area contributed by atoms with Gasteiger partial charge in [0.15, 0.2) is 17.5 Å². The molecule has 0 amide bonds. The minimum Gasteiger partial charge on any atom is -0.456 e. The van der Waals surface area contributed by atoms with E-state index in [0.29, 0.717) is 17.5 Å². The molecule has 0 aliphatic heterocycles. The molecule has 51 heavy (non-hydrogen) atoms. The van der Waals surface area contributed by atoms with Crippen LogP contribution in [0.25, 0.3) is 89.9 Å². The van der Waals surface area contributed by atoms with Crippen LogP contribution in [0.15, 0.2) is 169 Å². The molecule has 6 aromatic carbocycles. The minimum atomic E-state index is 0.597. The van der Waals surface area contributed by atoms with Gasteiger partial charge in [0.1, 0.15) is 11.2 Å². The van der Waals surface area contributed by atoms with Crippen molar-refractivity contribution < 1.29 is 4.42 Å². The van der Waals surface area contributed by atoms with Crippen molar-refractivity contribution in [3.8, 4) is 51.0 Å². The summed E-state index contributed by atoms with van der Waals surface area (Å²) < 4.78 is 9.03. The van der Waals surface area contributed by atoms with E-state index in [9.17, 15) is 0 Å². The van der Waals surface area contributed by atoms with Gasteiger partial charge in [0, 0.05) is 55.4 Å². The first-order chi connectivity index (χ1) is 25.2. The number of para-hydroxylation sites is 1. The fourth-order valence-electron chi connectivity index (χ4n) is 7.10. The summed E-state index contributed by atoms with van der Waals surface area (Å²) in [4.78, 5) is 15.2. The van der Waals surface area contributed by atoms with Crippen molar-refractivity contribution in [2.24, 2.45) is 0 Å². The van der Waals surface area contributed by atoms with Crippen LogP contribution in [0.1, 0.15) is 11.3 Å². The van der Waals surface area contributed by atoms with Crippen LogP contribution >= 0.6 is 0 Å². The number of furan rings is 1. The van der Waals surface area contributed by atoms with Gasteiger partial charge in [-0.1, -0.05) is 134 Å². The maximum Gasteiger partial charge on any atom is 0.164 e. The molecular formula is C46H32N4O. The lowest BCUT2D eigenvalue weighted by atomic mass is 9.93. The molecule has 0 aliphatic carbocycles. The number of rotatable bonds is 7. The van der Waals surface area contributed by atoms with Gasteiger partial charge in [-0.3, -0.25) is 0 Å². The van der Waals surface area contributed by atoms with Crippen LogP contribution in [-0.4, -0.2) is 19.5 Å². The summed E-state index contributed by atoms with van der Waals surface area (Å²) in [5, 5.41) is 3.15. The van der Waals surface area contributed by atoms with Crippen molar-refractivity contribution in [2.45, 2.75) is 6.92 Å². The number of fused-ring (bicyclic) bond motifs is 4. The molecule has 0 unspecified atom stereocenters. The predicted octanol–water partition coefficient (Wildman–Crippen LogP) is 11.9. The predicted molar refractivity (Wildman–Crippen MR) is 210 cm³/mol. The number of allylic oxidation sites excluding steroid dienone is 2. The van der Waals surface area contributed by atoms with Crippen molar-refractivity contribution in [1.82, 2.24) is 19.5 Å². The topological polar surface area (TPSA) is 56.7 Å². The Labute approximate surface area is 295 Å². The number of nitrogens with zero attached hydrogens (tertiary/aromatic N) is 4. The van der Waals surface area contributed by atoms with Gasteiger partial charge in [-0.25, -0.2) is 15.0 Å². The maximum absolute atomic E-state index is 6.71. The normalized spacial score (nSPS) is 11.6. The van der Waals surface area contributed by atoms with Crippen LogP contribution in [0.5, 0.6) is 0 Å². The summed E-state index contributed by atoms with van der Waals surface area (Å²) in [6.07, 6.45) is 5.93. The maximum atomic E-state index is 6.71. The summed E-state index contributed by atoms with van der Waals surface area (Å²) in [6, 6.07) is 49.7. The van der Waals surface area contributed by atoms with Crippen LogP contribution < -0.4 is 0 Å². The van der Waals surface area contributed by atoms with Gasteiger partial charge in [0.25, 0.3) is 0 Å². The number of aromatic nitrogens is 4. The van der Waals surface area contributed by atoms with Crippen LogP contribution in [0.4, 0.5) is 0 Å².